The molecule has 1 heterocycles. The van der Waals surface area contributed by atoms with Crippen molar-refractivity contribution in [3.8, 4) is 0 Å². The standard InChI is InChI=1S/C20H35NO5/c1-14(25-20-18(23)12-17(22)15(2)26-20)8-6-7-11-19(24)21-13-16-9-4-3-5-10-16/h7,11,14-18,20,22-23H,3-6,8-10,12-13H2,1-2H3,(H,21,24)/b11-7+/t14-,15+,17?,18-,20-/m1/s1. The number of aliphatic hydroxyl groups excluding tert-OH is 2. The molecule has 0 aromatic carbocycles. The molecule has 1 saturated heterocycles. The minimum atomic E-state index is -0.815. The van der Waals surface area contributed by atoms with Gasteiger partial charge in [-0.3, -0.25) is 4.79 Å². The quantitative estimate of drug-likeness (QED) is 0.571. The van der Waals surface area contributed by atoms with Crippen LogP contribution in [0.2, 0.25) is 0 Å². The summed E-state index contributed by atoms with van der Waals surface area (Å²) in [5.41, 5.74) is 0. The molecule has 26 heavy (non-hydrogen) atoms. The molecule has 150 valence electrons. The Morgan fingerprint density at radius 3 is 2.73 bits per heavy atom. The van der Waals surface area contributed by atoms with Gasteiger partial charge in [-0.15, -0.1) is 0 Å². The fourth-order valence-electron chi connectivity index (χ4n) is 3.58. The second-order valence-corrected chi connectivity index (χ2v) is 7.76. The average molecular weight is 370 g/mol. The smallest absolute Gasteiger partial charge is 0.243 e. The maximum absolute atomic E-state index is 11.9. The Bertz CT molecular complexity index is 449. The van der Waals surface area contributed by atoms with Crippen LogP contribution in [0.1, 0.15) is 65.2 Å². The summed E-state index contributed by atoms with van der Waals surface area (Å²) in [6.07, 6.45) is 8.90. The van der Waals surface area contributed by atoms with Gasteiger partial charge in [-0.25, -0.2) is 0 Å². The Balaban J connectivity index is 1.59. The van der Waals surface area contributed by atoms with Crippen LogP contribution in [-0.4, -0.2) is 53.4 Å². The largest absolute Gasteiger partial charge is 0.390 e. The molecule has 0 bridgehead atoms. The molecule has 2 aliphatic rings. The molecule has 0 aromatic rings. The molecule has 6 nitrogen and oxygen atoms in total. The number of carbonyl (C=O) groups excluding carboxylic acids is 1. The highest BCUT2D eigenvalue weighted by molar-refractivity contribution is 5.87. The Hall–Kier alpha value is -0.950. The highest BCUT2D eigenvalue weighted by Gasteiger charge is 2.35. The second-order valence-electron chi connectivity index (χ2n) is 7.76. The van der Waals surface area contributed by atoms with Gasteiger partial charge in [0.05, 0.1) is 18.3 Å². The summed E-state index contributed by atoms with van der Waals surface area (Å²) in [6, 6.07) is 0. The lowest BCUT2D eigenvalue weighted by Crippen LogP contribution is -2.48. The number of rotatable bonds is 8. The zero-order valence-corrected chi connectivity index (χ0v) is 16.1. The first-order chi connectivity index (χ1) is 12.5. The predicted molar refractivity (Wildman–Crippen MR) is 99.5 cm³/mol. The topological polar surface area (TPSA) is 88.0 Å². The molecule has 1 aliphatic carbocycles. The summed E-state index contributed by atoms with van der Waals surface area (Å²) in [7, 11) is 0. The van der Waals surface area contributed by atoms with Gasteiger partial charge in [0.2, 0.25) is 5.91 Å². The first kappa shape index (κ1) is 21.4. The molecule has 3 N–H and O–H groups in total. The summed E-state index contributed by atoms with van der Waals surface area (Å²) in [4.78, 5) is 11.9. The zero-order chi connectivity index (χ0) is 18.9. The first-order valence-electron chi connectivity index (χ1n) is 10.1. The van der Waals surface area contributed by atoms with Crippen molar-refractivity contribution in [3.63, 3.8) is 0 Å². The fourth-order valence-corrected chi connectivity index (χ4v) is 3.58. The normalized spacial score (nSPS) is 31.8. The van der Waals surface area contributed by atoms with E-state index in [9.17, 15) is 15.0 Å². The van der Waals surface area contributed by atoms with Crippen molar-refractivity contribution in [2.24, 2.45) is 5.92 Å². The monoisotopic (exact) mass is 369 g/mol. The number of ether oxygens (including phenoxy) is 2. The molecular weight excluding hydrogens is 334 g/mol. The summed E-state index contributed by atoms with van der Waals surface area (Å²) >= 11 is 0. The maximum Gasteiger partial charge on any atom is 0.243 e. The van der Waals surface area contributed by atoms with Crippen molar-refractivity contribution in [2.45, 2.75) is 95.9 Å². The van der Waals surface area contributed by atoms with Gasteiger partial charge in [-0.2, -0.15) is 0 Å². The van der Waals surface area contributed by atoms with Crippen LogP contribution in [0.5, 0.6) is 0 Å². The molecule has 2 fully saturated rings. The van der Waals surface area contributed by atoms with E-state index in [1.165, 1.54) is 32.1 Å². The number of nitrogens with one attached hydrogen (secondary N) is 1. The zero-order valence-electron chi connectivity index (χ0n) is 16.1. The third kappa shape index (κ3) is 7.35. The molecular formula is C20H35NO5. The highest BCUT2D eigenvalue weighted by Crippen LogP contribution is 2.23. The van der Waals surface area contributed by atoms with Gasteiger partial charge < -0.3 is 25.0 Å². The van der Waals surface area contributed by atoms with Crippen LogP contribution < -0.4 is 5.32 Å². The molecule has 1 saturated carbocycles. The molecule has 0 radical (unpaired) electrons. The number of carbonyl (C=O) groups is 1. The van der Waals surface area contributed by atoms with E-state index < -0.39 is 18.5 Å². The number of amides is 1. The predicted octanol–water partition coefficient (Wildman–Crippen LogP) is 2.28. The lowest BCUT2D eigenvalue weighted by Gasteiger charge is -2.36. The number of allylic oxidation sites excluding steroid dienone is 1. The van der Waals surface area contributed by atoms with Crippen LogP contribution >= 0.6 is 0 Å². The van der Waals surface area contributed by atoms with Crippen molar-refractivity contribution in [1.29, 1.82) is 0 Å². The van der Waals surface area contributed by atoms with Gasteiger partial charge in [-0.05, 0) is 51.5 Å². The van der Waals surface area contributed by atoms with E-state index in [1.54, 1.807) is 13.0 Å². The first-order valence-corrected chi connectivity index (χ1v) is 10.1. The van der Waals surface area contributed by atoms with Gasteiger partial charge in [0, 0.05) is 13.0 Å². The van der Waals surface area contributed by atoms with Crippen LogP contribution in [-0.2, 0) is 14.3 Å². The summed E-state index contributed by atoms with van der Waals surface area (Å²) < 4.78 is 11.2. The van der Waals surface area contributed by atoms with Crippen LogP contribution in [0.15, 0.2) is 12.2 Å². The third-order valence-corrected chi connectivity index (χ3v) is 5.35. The van der Waals surface area contributed by atoms with Crippen molar-refractivity contribution >= 4 is 5.91 Å². The maximum atomic E-state index is 11.9. The SMILES string of the molecule is C[C@H](CC/C=C/C(=O)NCC1CCCCC1)O[C@@H]1O[C@@H](C)C(O)C[C@H]1O. The van der Waals surface area contributed by atoms with E-state index in [-0.39, 0.29) is 24.5 Å². The summed E-state index contributed by atoms with van der Waals surface area (Å²) in [6.45, 7) is 4.47. The Kier molecular flexibility index (Phi) is 9.05. The Morgan fingerprint density at radius 1 is 1.27 bits per heavy atom. The number of hydrogen-bond donors (Lipinski definition) is 3. The minimum absolute atomic E-state index is 0.0296. The third-order valence-electron chi connectivity index (χ3n) is 5.35. The summed E-state index contributed by atoms with van der Waals surface area (Å²) in [5.74, 6) is 0.607. The highest BCUT2D eigenvalue weighted by atomic mass is 16.7. The molecule has 1 amide bonds. The van der Waals surface area contributed by atoms with Crippen molar-refractivity contribution < 1.29 is 24.5 Å². The lowest BCUT2D eigenvalue weighted by molar-refractivity contribution is -0.273. The Labute approximate surface area is 156 Å². The average Bonchev–Trinajstić information content (AvgIpc) is 2.62. The van der Waals surface area contributed by atoms with E-state index in [2.05, 4.69) is 5.32 Å². The summed E-state index contributed by atoms with van der Waals surface area (Å²) in [5, 5.41) is 22.6. The van der Waals surface area contributed by atoms with Crippen LogP contribution in [0, 0.1) is 5.92 Å². The fraction of sp³-hybridized carbons (Fsp3) is 0.850. The van der Waals surface area contributed by atoms with Gasteiger partial charge in [0.15, 0.2) is 6.29 Å². The molecule has 6 heteroatoms. The van der Waals surface area contributed by atoms with E-state index in [1.807, 2.05) is 13.0 Å². The van der Waals surface area contributed by atoms with E-state index in [4.69, 9.17) is 9.47 Å². The van der Waals surface area contributed by atoms with Gasteiger partial charge in [0.25, 0.3) is 0 Å². The molecule has 1 aliphatic heterocycles. The van der Waals surface area contributed by atoms with Crippen LogP contribution in [0.4, 0.5) is 0 Å². The van der Waals surface area contributed by atoms with Gasteiger partial charge in [0.1, 0.15) is 6.10 Å². The molecule has 0 aromatic heterocycles. The number of hydrogen-bond acceptors (Lipinski definition) is 5. The number of aliphatic hydroxyl groups is 2. The van der Waals surface area contributed by atoms with Gasteiger partial charge >= 0.3 is 0 Å². The van der Waals surface area contributed by atoms with Crippen molar-refractivity contribution in [1.82, 2.24) is 5.32 Å². The molecule has 5 atom stereocenters. The van der Waals surface area contributed by atoms with Crippen LogP contribution in [0.3, 0.4) is 0 Å². The van der Waals surface area contributed by atoms with E-state index >= 15 is 0 Å². The van der Waals surface area contributed by atoms with Crippen molar-refractivity contribution in [3.05, 3.63) is 12.2 Å². The minimum Gasteiger partial charge on any atom is -0.390 e. The van der Waals surface area contributed by atoms with Crippen LogP contribution in [0.25, 0.3) is 0 Å². The second kappa shape index (κ2) is 11.0. The van der Waals surface area contributed by atoms with Crippen molar-refractivity contribution in [2.75, 3.05) is 6.54 Å². The molecule has 2 rings (SSSR count). The molecule has 0 spiro atoms. The Morgan fingerprint density at radius 2 is 2.00 bits per heavy atom. The lowest BCUT2D eigenvalue weighted by atomic mass is 9.89. The molecule has 1 unspecified atom stereocenters. The van der Waals surface area contributed by atoms with E-state index in [0.29, 0.717) is 5.92 Å². The van der Waals surface area contributed by atoms with Gasteiger partial charge in [-0.1, -0.05) is 25.3 Å². The van der Waals surface area contributed by atoms with E-state index in [0.717, 1.165) is 19.4 Å².